The predicted octanol–water partition coefficient (Wildman–Crippen LogP) is 3.83. The van der Waals surface area contributed by atoms with Gasteiger partial charge in [0.1, 0.15) is 10.7 Å². The molecule has 0 aliphatic carbocycles. The molecule has 1 heterocycles. The SMILES string of the molecule is CCCCC(=O)Nc1nc(-c2ccc(C)cc2)c(N)s1. The summed E-state index contributed by atoms with van der Waals surface area (Å²) < 4.78 is 0. The summed E-state index contributed by atoms with van der Waals surface area (Å²) in [5, 5.41) is 4.00. The lowest BCUT2D eigenvalue weighted by molar-refractivity contribution is -0.116. The van der Waals surface area contributed by atoms with Gasteiger partial charge >= 0.3 is 0 Å². The summed E-state index contributed by atoms with van der Waals surface area (Å²) in [6.45, 7) is 4.09. The van der Waals surface area contributed by atoms with Crippen molar-refractivity contribution in [1.82, 2.24) is 4.98 Å². The molecule has 2 rings (SSSR count). The van der Waals surface area contributed by atoms with Crippen LogP contribution in [0.25, 0.3) is 11.3 Å². The van der Waals surface area contributed by atoms with Gasteiger partial charge < -0.3 is 11.1 Å². The maximum Gasteiger partial charge on any atom is 0.226 e. The van der Waals surface area contributed by atoms with Crippen molar-refractivity contribution in [1.29, 1.82) is 0 Å². The maximum absolute atomic E-state index is 11.7. The number of nitrogen functional groups attached to an aromatic ring is 1. The number of hydrogen-bond acceptors (Lipinski definition) is 4. The van der Waals surface area contributed by atoms with E-state index in [-0.39, 0.29) is 5.91 Å². The number of anilines is 2. The maximum atomic E-state index is 11.7. The fraction of sp³-hybridized carbons (Fsp3) is 0.333. The molecular weight excluding hydrogens is 270 g/mol. The Labute approximate surface area is 123 Å². The molecule has 5 heteroatoms. The molecule has 106 valence electrons. The molecule has 0 saturated carbocycles. The Balaban J connectivity index is 2.13. The lowest BCUT2D eigenvalue weighted by Crippen LogP contribution is -2.10. The summed E-state index contributed by atoms with van der Waals surface area (Å²) in [6.07, 6.45) is 2.41. The zero-order valence-corrected chi connectivity index (χ0v) is 12.6. The van der Waals surface area contributed by atoms with Crippen molar-refractivity contribution in [2.75, 3.05) is 11.1 Å². The number of nitrogens with one attached hydrogen (secondary N) is 1. The van der Waals surface area contributed by atoms with E-state index in [1.807, 2.05) is 31.2 Å². The van der Waals surface area contributed by atoms with E-state index in [1.165, 1.54) is 16.9 Å². The van der Waals surface area contributed by atoms with Crippen LogP contribution in [0.3, 0.4) is 0 Å². The number of nitrogens with two attached hydrogens (primary N) is 1. The van der Waals surface area contributed by atoms with E-state index in [0.29, 0.717) is 16.6 Å². The van der Waals surface area contributed by atoms with Crippen LogP contribution in [0.1, 0.15) is 31.7 Å². The van der Waals surface area contributed by atoms with Gasteiger partial charge in [0, 0.05) is 12.0 Å². The van der Waals surface area contributed by atoms with E-state index in [0.717, 1.165) is 24.1 Å². The van der Waals surface area contributed by atoms with Crippen LogP contribution in [0, 0.1) is 6.92 Å². The predicted molar refractivity (Wildman–Crippen MR) is 84.9 cm³/mol. The minimum atomic E-state index is -0.00365. The third-order valence-electron chi connectivity index (χ3n) is 2.98. The molecule has 0 radical (unpaired) electrons. The average molecular weight is 289 g/mol. The van der Waals surface area contributed by atoms with Crippen molar-refractivity contribution in [3.05, 3.63) is 29.8 Å². The molecule has 0 saturated heterocycles. The lowest BCUT2D eigenvalue weighted by Gasteiger charge is -2.00. The van der Waals surface area contributed by atoms with Crippen molar-refractivity contribution >= 4 is 27.4 Å². The number of aromatic nitrogens is 1. The number of hydrogen-bond donors (Lipinski definition) is 2. The monoisotopic (exact) mass is 289 g/mol. The van der Waals surface area contributed by atoms with Crippen LogP contribution in [0.2, 0.25) is 0 Å². The van der Waals surface area contributed by atoms with E-state index in [2.05, 4.69) is 17.2 Å². The number of amides is 1. The molecular formula is C15H19N3OS. The number of carbonyl (C=O) groups excluding carboxylic acids is 1. The van der Waals surface area contributed by atoms with Crippen molar-refractivity contribution < 1.29 is 4.79 Å². The van der Waals surface area contributed by atoms with Crippen molar-refractivity contribution in [2.45, 2.75) is 33.1 Å². The molecule has 0 unspecified atom stereocenters. The highest BCUT2D eigenvalue weighted by atomic mass is 32.1. The molecule has 2 aromatic rings. The summed E-state index contributed by atoms with van der Waals surface area (Å²) in [5.41, 5.74) is 8.89. The first-order chi connectivity index (χ1) is 9.60. The van der Waals surface area contributed by atoms with Gasteiger partial charge in [0.15, 0.2) is 5.13 Å². The van der Waals surface area contributed by atoms with Crippen LogP contribution in [0.5, 0.6) is 0 Å². The summed E-state index contributed by atoms with van der Waals surface area (Å²) in [5.74, 6) is -0.00365. The minimum Gasteiger partial charge on any atom is -0.389 e. The van der Waals surface area contributed by atoms with Crippen molar-refractivity contribution in [3.63, 3.8) is 0 Å². The Hall–Kier alpha value is -1.88. The lowest BCUT2D eigenvalue weighted by atomic mass is 10.1. The van der Waals surface area contributed by atoms with E-state index >= 15 is 0 Å². The van der Waals surface area contributed by atoms with Gasteiger partial charge in [0.25, 0.3) is 0 Å². The molecule has 0 aliphatic heterocycles. The number of nitrogens with zero attached hydrogens (tertiary/aromatic N) is 1. The number of rotatable bonds is 5. The first-order valence-corrected chi connectivity index (χ1v) is 7.55. The number of aryl methyl sites for hydroxylation is 1. The molecule has 0 bridgehead atoms. The molecule has 20 heavy (non-hydrogen) atoms. The number of carbonyl (C=O) groups is 1. The van der Waals surface area contributed by atoms with E-state index in [4.69, 9.17) is 5.73 Å². The third-order valence-corrected chi connectivity index (χ3v) is 3.78. The summed E-state index contributed by atoms with van der Waals surface area (Å²) in [7, 11) is 0. The fourth-order valence-electron chi connectivity index (χ4n) is 1.82. The normalized spacial score (nSPS) is 10.5. The number of thiazole rings is 1. The first kappa shape index (κ1) is 14.5. The molecule has 0 fully saturated rings. The van der Waals surface area contributed by atoms with Gasteiger partial charge in [-0.1, -0.05) is 54.5 Å². The van der Waals surface area contributed by atoms with E-state index in [9.17, 15) is 4.79 Å². The van der Waals surface area contributed by atoms with Crippen LogP contribution in [0.4, 0.5) is 10.1 Å². The first-order valence-electron chi connectivity index (χ1n) is 6.73. The number of unbranched alkanes of at least 4 members (excludes halogenated alkanes) is 1. The van der Waals surface area contributed by atoms with E-state index < -0.39 is 0 Å². The van der Waals surface area contributed by atoms with Gasteiger partial charge in [-0.25, -0.2) is 4.98 Å². The van der Waals surface area contributed by atoms with Crippen LogP contribution < -0.4 is 11.1 Å². The summed E-state index contributed by atoms with van der Waals surface area (Å²) in [6, 6.07) is 8.02. The second-order valence-electron chi connectivity index (χ2n) is 4.75. The third kappa shape index (κ3) is 3.57. The van der Waals surface area contributed by atoms with Gasteiger partial charge in [0.2, 0.25) is 5.91 Å². The highest BCUT2D eigenvalue weighted by Gasteiger charge is 2.12. The van der Waals surface area contributed by atoms with Gasteiger partial charge in [-0.2, -0.15) is 0 Å². The Morgan fingerprint density at radius 1 is 1.35 bits per heavy atom. The Morgan fingerprint density at radius 3 is 2.70 bits per heavy atom. The molecule has 1 amide bonds. The van der Waals surface area contributed by atoms with Crippen LogP contribution >= 0.6 is 11.3 Å². The van der Waals surface area contributed by atoms with Gasteiger partial charge in [-0.3, -0.25) is 4.79 Å². The van der Waals surface area contributed by atoms with Crippen molar-refractivity contribution in [2.24, 2.45) is 0 Å². The van der Waals surface area contributed by atoms with Gasteiger partial charge in [-0.05, 0) is 13.3 Å². The minimum absolute atomic E-state index is 0.00365. The Kier molecular flexibility index (Phi) is 4.74. The average Bonchev–Trinajstić information content (AvgIpc) is 2.78. The Bertz CT molecular complexity index is 590. The summed E-state index contributed by atoms with van der Waals surface area (Å²) >= 11 is 1.31. The molecule has 1 aromatic carbocycles. The second-order valence-corrected chi connectivity index (χ2v) is 5.78. The molecule has 3 N–H and O–H groups in total. The van der Waals surface area contributed by atoms with Gasteiger partial charge in [0.05, 0.1) is 0 Å². The Morgan fingerprint density at radius 2 is 2.05 bits per heavy atom. The van der Waals surface area contributed by atoms with Crippen molar-refractivity contribution in [3.8, 4) is 11.3 Å². The highest BCUT2D eigenvalue weighted by Crippen LogP contribution is 2.33. The quantitative estimate of drug-likeness (QED) is 0.879. The second kappa shape index (κ2) is 6.52. The molecule has 1 aromatic heterocycles. The van der Waals surface area contributed by atoms with Crippen LogP contribution in [-0.2, 0) is 4.79 Å². The van der Waals surface area contributed by atoms with Crippen LogP contribution in [-0.4, -0.2) is 10.9 Å². The zero-order chi connectivity index (χ0) is 14.5. The zero-order valence-electron chi connectivity index (χ0n) is 11.8. The molecule has 0 aliphatic rings. The highest BCUT2D eigenvalue weighted by molar-refractivity contribution is 7.20. The van der Waals surface area contributed by atoms with E-state index in [1.54, 1.807) is 0 Å². The molecule has 4 nitrogen and oxygen atoms in total. The smallest absolute Gasteiger partial charge is 0.226 e. The largest absolute Gasteiger partial charge is 0.389 e. The fourth-order valence-corrected chi connectivity index (χ4v) is 2.59. The molecule has 0 atom stereocenters. The standard InChI is InChI=1S/C15H19N3OS/c1-3-4-5-12(19)17-15-18-13(14(16)20-15)11-8-6-10(2)7-9-11/h6-9H,3-5,16H2,1-2H3,(H,17,18,19). The van der Waals surface area contributed by atoms with Gasteiger partial charge in [-0.15, -0.1) is 0 Å². The molecule has 0 spiro atoms. The van der Waals surface area contributed by atoms with Crippen LogP contribution in [0.15, 0.2) is 24.3 Å². The number of benzene rings is 1. The summed E-state index contributed by atoms with van der Waals surface area (Å²) in [4.78, 5) is 16.1. The topological polar surface area (TPSA) is 68.0 Å².